The molecule has 1 aromatic carbocycles. The molecule has 0 atom stereocenters. The van der Waals surface area contributed by atoms with E-state index in [1.165, 1.54) is 16.9 Å². The number of H-pyrrole nitrogens is 1. The summed E-state index contributed by atoms with van der Waals surface area (Å²) >= 11 is 3.20. The molecule has 1 amide bonds. The van der Waals surface area contributed by atoms with E-state index in [1.807, 2.05) is 36.7 Å². The molecule has 4 aromatic rings. The Labute approximate surface area is 175 Å². The quantitative estimate of drug-likeness (QED) is 0.475. The number of thiazole rings is 1. The summed E-state index contributed by atoms with van der Waals surface area (Å²) in [7, 11) is 1.99. The fourth-order valence-electron chi connectivity index (χ4n) is 3.07. The Bertz CT molecular complexity index is 1150. The third-order valence-corrected chi connectivity index (χ3v) is 6.19. The van der Waals surface area contributed by atoms with Crippen molar-refractivity contribution in [2.24, 2.45) is 0 Å². The minimum Gasteiger partial charge on any atom is -0.345 e. The van der Waals surface area contributed by atoms with Crippen molar-refractivity contribution in [3.05, 3.63) is 85.4 Å². The van der Waals surface area contributed by atoms with E-state index in [9.17, 15) is 9.59 Å². The zero-order valence-corrected chi connectivity index (χ0v) is 17.5. The zero-order valence-electron chi connectivity index (χ0n) is 15.8. The molecule has 0 aliphatic carbocycles. The van der Waals surface area contributed by atoms with E-state index in [2.05, 4.69) is 31.6 Å². The smallest absolute Gasteiger partial charge is 0.261 e. The summed E-state index contributed by atoms with van der Waals surface area (Å²) < 4.78 is 1.07. The van der Waals surface area contributed by atoms with Crippen molar-refractivity contribution in [3.63, 3.8) is 0 Å². The Hall–Kier alpha value is -2.81. The van der Waals surface area contributed by atoms with Crippen molar-refractivity contribution in [2.45, 2.75) is 19.6 Å². The van der Waals surface area contributed by atoms with Crippen LogP contribution in [-0.2, 0) is 19.6 Å². The molecule has 0 aliphatic rings. The van der Waals surface area contributed by atoms with Gasteiger partial charge in [0.1, 0.15) is 10.6 Å². The van der Waals surface area contributed by atoms with Gasteiger partial charge in [-0.2, -0.15) is 11.3 Å². The van der Waals surface area contributed by atoms with Gasteiger partial charge < -0.3 is 10.3 Å². The molecule has 0 saturated heterocycles. The SMILES string of the molecule is CN(Cc1ccsc1)Cc1ccc(C(=O)NCc2nc3ccccc3s2)c(=O)[nH]1. The van der Waals surface area contributed by atoms with Crippen LogP contribution in [0.2, 0.25) is 0 Å². The second-order valence-corrected chi connectivity index (χ2v) is 8.68. The van der Waals surface area contributed by atoms with E-state index < -0.39 is 5.91 Å². The van der Waals surface area contributed by atoms with Gasteiger partial charge >= 0.3 is 0 Å². The van der Waals surface area contributed by atoms with Crippen molar-refractivity contribution in [1.29, 1.82) is 0 Å². The number of carbonyl (C=O) groups excluding carboxylic acids is 1. The van der Waals surface area contributed by atoms with Gasteiger partial charge in [-0.25, -0.2) is 4.98 Å². The summed E-state index contributed by atoms with van der Waals surface area (Å²) in [5.74, 6) is -0.399. The molecule has 0 fully saturated rings. The van der Waals surface area contributed by atoms with Gasteiger partial charge in [0, 0.05) is 18.8 Å². The number of para-hydroxylation sites is 1. The average molecular weight is 425 g/mol. The molecule has 4 rings (SSSR count). The topological polar surface area (TPSA) is 78.1 Å². The molecule has 0 spiro atoms. The van der Waals surface area contributed by atoms with Crippen molar-refractivity contribution in [1.82, 2.24) is 20.2 Å². The number of aromatic amines is 1. The molecule has 3 heterocycles. The molecule has 8 heteroatoms. The first kappa shape index (κ1) is 19.5. The molecule has 0 saturated carbocycles. The highest BCUT2D eigenvalue weighted by molar-refractivity contribution is 7.18. The summed E-state index contributed by atoms with van der Waals surface area (Å²) in [6.07, 6.45) is 0. The molecule has 0 radical (unpaired) electrons. The van der Waals surface area contributed by atoms with Gasteiger partial charge in [-0.05, 0) is 53.7 Å². The number of pyridine rings is 1. The van der Waals surface area contributed by atoms with E-state index in [1.54, 1.807) is 23.5 Å². The van der Waals surface area contributed by atoms with E-state index in [0.717, 1.165) is 27.5 Å². The lowest BCUT2D eigenvalue weighted by atomic mass is 10.2. The van der Waals surface area contributed by atoms with E-state index in [4.69, 9.17) is 0 Å². The fourth-order valence-corrected chi connectivity index (χ4v) is 4.64. The predicted molar refractivity (Wildman–Crippen MR) is 117 cm³/mol. The molecular formula is C21H20N4O2S2. The Morgan fingerprint density at radius 3 is 2.79 bits per heavy atom. The lowest BCUT2D eigenvalue weighted by Crippen LogP contribution is -2.30. The van der Waals surface area contributed by atoms with Crippen LogP contribution in [0.5, 0.6) is 0 Å². The van der Waals surface area contributed by atoms with Crippen LogP contribution in [0.4, 0.5) is 0 Å². The monoisotopic (exact) mass is 424 g/mol. The average Bonchev–Trinajstić information content (AvgIpc) is 3.35. The standard InChI is InChI=1S/C21H20N4O2S2/c1-25(11-14-8-9-28-13-14)12-15-6-7-16(21(27)23-15)20(26)22-10-19-24-17-4-2-3-5-18(17)29-19/h2-9,13H,10-12H2,1H3,(H,22,26)(H,23,27). The molecule has 2 N–H and O–H groups in total. The highest BCUT2D eigenvalue weighted by Gasteiger charge is 2.13. The number of hydrogen-bond donors (Lipinski definition) is 2. The van der Waals surface area contributed by atoms with Crippen LogP contribution in [0.25, 0.3) is 10.2 Å². The van der Waals surface area contributed by atoms with Crippen LogP contribution in [0.3, 0.4) is 0 Å². The summed E-state index contributed by atoms with van der Waals surface area (Å²) in [4.78, 5) is 34.2. The number of aromatic nitrogens is 2. The maximum absolute atomic E-state index is 12.4. The normalized spacial score (nSPS) is 11.2. The van der Waals surface area contributed by atoms with Crippen LogP contribution in [0.1, 0.15) is 26.6 Å². The summed E-state index contributed by atoms with van der Waals surface area (Å²) in [5, 5.41) is 7.75. The highest BCUT2D eigenvalue weighted by atomic mass is 32.1. The third kappa shape index (κ3) is 4.79. The largest absolute Gasteiger partial charge is 0.345 e. The lowest BCUT2D eigenvalue weighted by Gasteiger charge is -2.15. The van der Waals surface area contributed by atoms with Crippen molar-refractivity contribution in [2.75, 3.05) is 7.05 Å². The van der Waals surface area contributed by atoms with Crippen LogP contribution >= 0.6 is 22.7 Å². The van der Waals surface area contributed by atoms with Gasteiger partial charge in [-0.3, -0.25) is 14.5 Å². The van der Waals surface area contributed by atoms with Crippen molar-refractivity contribution in [3.8, 4) is 0 Å². The van der Waals surface area contributed by atoms with Crippen LogP contribution < -0.4 is 10.9 Å². The van der Waals surface area contributed by atoms with Crippen LogP contribution in [0.15, 0.2) is 58.0 Å². The summed E-state index contributed by atoms with van der Waals surface area (Å²) in [6, 6.07) is 13.3. The number of benzene rings is 1. The molecule has 0 bridgehead atoms. The van der Waals surface area contributed by atoms with E-state index in [-0.39, 0.29) is 11.1 Å². The summed E-state index contributed by atoms with van der Waals surface area (Å²) in [6.45, 7) is 1.69. The number of fused-ring (bicyclic) bond motifs is 1. The maximum atomic E-state index is 12.4. The number of amides is 1. The second-order valence-electron chi connectivity index (χ2n) is 6.79. The minimum atomic E-state index is -0.399. The van der Waals surface area contributed by atoms with E-state index >= 15 is 0 Å². The van der Waals surface area contributed by atoms with Crippen LogP contribution in [0, 0.1) is 0 Å². The molecule has 0 aliphatic heterocycles. The van der Waals surface area contributed by atoms with Crippen LogP contribution in [-0.4, -0.2) is 27.8 Å². The van der Waals surface area contributed by atoms with Gasteiger partial charge in [0.25, 0.3) is 11.5 Å². The van der Waals surface area contributed by atoms with Gasteiger partial charge in [-0.15, -0.1) is 11.3 Å². The first-order valence-corrected chi connectivity index (χ1v) is 10.9. The predicted octanol–water partition coefficient (Wildman–Crippen LogP) is 3.61. The maximum Gasteiger partial charge on any atom is 0.261 e. The first-order valence-electron chi connectivity index (χ1n) is 9.13. The molecule has 6 nitrogen and oxygen atoms in total. The highest BCUT2D eigenvalue weighted by Crippen LogP contribution is 2.21. The Balaban J connectivity index is 1.37. The molecule has 148 valence electrons. The Kier molecular flexibility index (Phi) is 5.84. The number of carbonyl (C=O) groups is 1. The fraction of sp³-hybridized carbons (Fsp3) is 0.190. The van der Waals surface area contributed by atoms with E-state index in [0.29, 0.717) is 13.1 Å². The van der Waals surface area contributed by atoms with Gasteiger partial charge in [0.05, 0.1) is 16.8 Å². The molecule has 0 unspecified atom stereocenters. The lowest BCUT2D eigenvalue weighted by molar-refractivity contribution is 0.0949. The van der Waals surface area contributed by atoms with Gasteiger partial charge in [0.2, 0.25) is 0 Å². The van der Waals surface area contributed by atoms with Crippen molar-refractivity contribution >= 4 is 38.8 Å². The number of nitrogens with one attached hydrogen (secondary N) is 2. The molecule has 29 heavy (non-hydrogen) atoms. The second kappa shape index (κ2) is 8.69. The van der Waals surface area contributed by atoms with Gasteiger partial charge in [0.15, 0.2) is 0 Å². The first-order chi connectivity index (χ1) is 14.1. The molecule has 3 aromatic heterocycles. The Morgan fingerprint density at radius 1 is 1.17 bits per heavy atom. The number of thiophene rings is 1. The zero-order chi connectivity index (χ0) is 20.2. The molecular weight excluding hydrogens is 404 g/mol. The number of rotatable bonds is 7. The third-order valence-electron chi connectivity index (χ3n) is 4.43. The summed E-state index contributed by atoms with van der Waals surface area (Å²) in [5.41, 5.74) is 2.65. The number of nitrogens with zero attached hydrogens (tertiary/aromatic N) is 2. The minimum absolute atomic E-state index is 0.107. The number of hydrogen-bond acceptors (Lipinski definition) is 6. The Morgan fingerprint density at radius 2 is 2.03 bits per heavy atom. The van der Waals surface area contributed by atoms with Crippen molar-refractivity contribution < 1.29 is 4.79 Å². The van der Waals surface area contributed by atoms with Gasteiger partial charge in [-0.1, -0.05) is 12.1 Å².